The largest absolute Gasteiger partial charge is 0.228 e. The van der Waals surface area contributed by atoms with E-state index in [0.29, 0.717) is 11.6 Å². The fraction of sp³-hybridized carbons (Fsp3) is 0. The minimum atomic E-state index is 0.660. The van der Waals surface area contributed by atoms with E-state index in [9.17, 15) is 0 Å². The first kappa shape index (κ1) is 42.0. The Bertz CT molecular complexity index is 3750. The quantitative estimate of drug-likeness (QED) is 0.137. The highest BCUT2D eigenvalue weighted by molar-refractivity contribution is 6.02. The van der Waals surface area contributed by atoms with Gasteiger partial charge >= 0.3 is 0 Å². The van der Waals surface area contributed by atoms with Crippen LogP contribution in [0.25, 0.3) is 123 Å². The lowest BCUT2D eigenvalue weighted by Gasteiger charge is -2.18. The number of aromatic nitrogens is 4. The van der Waals surface area contributed by atoms with Crippen LogP contribution in [0.2, 0.25) is 0 Å². The molecular formula is C66H44N4. The van der Waals surface area contributed by atoms with Gasteiger partial charge in [0.2, 0.25) is 0 Å². The maximum Gasteiger partial charge on any atom is 0.160 e. The van der Waals surface area contributed by atoms with Gasteiger partial charge in [0, 0.05) is 33.4 Å². The van der Waals surface area contributed by atoms with Crippen molar-refractivity contribution in [2.24, 2.45) is 0 Å². The molecule has 0 amide bonds. The van der Waals surface area contributed by atoms with Gasteiger partial charge < -0.3 is 0 Å². The zero-order valence-electron chi connectivity index (χ0n) is 38.2. The van der Waals surface area contributed by atoms with Crippen molar-refractivity contribution in [3.05, 3.63) is 267 Å². The molecule has 0 aliphatic rings. The molecule has 0 spiro atoms. The van der Waals surface area contributed by atoms with Crippen LogP contribution in [0, 0.1) is 0 Å². The first-order valence-corrected chi connectivity index (χ1v) is 23.6. The molecule has 0 radical (unpaired) electrons. The van der Waals surface area contributed by atoms with Crippen molar-refractivity contribution in [3.8, 4) is 112 Å². The SMILES string of the molecule is c1ccc(-c2cc(-c3ccc(-c4ccccc4-c4cc(-c5ccccc5-c5ccccc5-c5ccccc5)nc(-c5ccccc5)n4)cc3-c3cccc4ccccc34)nc(-c3ccccc3)n2)cc1. The molecular weight excluding hydrogens is 849 g/mol. The Balaban J connectivity index is 1.06. The Morgan fingerprint density at radius 2 is 0.557 bits per heavy atom. The minimum Gasteiger partial charge on any atom is -0.228 e. The Morgan fingerprint density at radius 3 is 1.14 bits per heavy atom. The highest BCUT2D eigenvalue weighted by Crippen LogP contribution is 2.43. The molecule has 4 heteroatoms. The summed E-state index contributed by atoms with van der Waals surface area (Å²) in [6.45, 7) is 0. The number of benzene rings is 10. The molecule has 12 aromatic rings. The van der Waals surface area contributed by atoms with Crippen LogP contribution in [0.15, 0.2) is 267 Å². The maximum atomic E-state index is 5.39. The van der Waals surface area contributed by atoms with Crippen molar-refractivity contribution in [2.75, 3.05) is 0 Å². The average Bonchev–Trinajstić information content (AvgIpc) is 3.45. The molecule has 12 rings (SSSR count). The molecule has 0 aliphatic heterocycles. The van der Waals surface area contributed by atoms with Crippen molar-refractivity contribution in [1.29, 1.82) is 0 Å². The lowest BCUT2D eigenvalue weighted by atomic mass is 9.88. The van der Waals surface area contributed by atoms with Crippen LogP contribution in [0.5, 0.6) is 0 Å². The zero-order chi connectivity index (χ0) is 46.6. The third-order valence-electron chi connectivity index (χ3n) is 13.0. The highest BCUT2D eigenvalue weighted by Gasteiger charge is 2.21. The van der Waals surface area contributed by atoms with E-state index in [1.807, 2.05) is 42.5 Å². The summed E-state index contributed by atoms with van der Waals surface area (Å²) in [5, 5.41) is 2.33. The number of hydrogen-bond acceptors (Lipinski definition) is 4. The van der Waals surface area contributed by atoms with Gasteiger partial charge in [-0.25, -0.2) is 19.9 Å². The number of rotatable bonds is 10. The summed E-state index contributed by atoms with van der Waals surface area (Å²) in [7, 11) is 0. The summed E-state index contributed by atoms with van der Waals surface area (Å²) in [5.41, 5.74) is 18.2. The number of hydrogen-bond donors (Lipinski definition) is 0. The lowest BCUT2D eigenvalue weighted by molar-refractivity contribution is 1.18. The summed E-state index contributed by atoms with van der Waals surface area (Å²) in [4.78, 5) is 21.2. The molecule has 0 fully saturated rings. The first-order chi connectivity index (χ1) is 34.7. The van der Waals surface area contributed by atoms with Gasteiger partial charge in [-0.05, 0) is 73.5 Å². The van der Waals surface area contributed by atoms with E-state index in [1.54, 1.807) is 0 Å². The molecule has 0 aliphatic carbocycles. The van der Waals surface area contributed by atoms with Gasteiger partial charge in [-0.15, -0.1) is 0 Å². The fourth-order valence-electron chi connectivity index (χ4n) is 9.60. The van der Waals surface area contributed by atoms with Crippen LogP contribution < -0.4 is 0 Å². The lowest BCUT2D eigenvalue weighted by Crippen LogP contribution is -1.99. The van der Waals surface area contributed by atoms with E-state index in [2.05, 4.69) is 224 Å². The standard InChI is InChI=1S/C66H44N4/c1-5-22-45(23-6-1)51-33-15-17-35-54(51)56-36-18-20-38-58(56)64-44-63(69-66(70-64)49-29-11-4-12-30-49)57-37-19-16-34-53(57)50-40-41-59(60(42-50)55-39-21-31-46-24-13-14-32-52(46)55)62-43-61(47-25-7-2-8-26-47)67-65(68-62)48-27-9-3-10-28-48/h1-44H. The molecule has 0 bridgehead atoms. The summed E-state index contributed by atoms with van der Waals surface area (Å²) in [6, 6.07) is 93.5. The Labute approximate surface area is 408 Å². The van der Waals surface area contributed by atoms with E-state index in [4.69, 9.17) is 19.9 Å². The Kier molecular flexibility index (Phi) is 11.2. The van der Waals surface area contributed by atoms with Crippen LogP contribution in [0.1, 0.15) is 0 Å². The zero-order valence-corrected chi connectivity index (χ0v) is 38.2. The van der Waals surface area contributed by atoms with E-state index in [1.165, 1.54) is 10.9 Å². The molecule has 0 saturated carbocycles. The van der Waals surface area contributed by atoms with E-state index >= 15 is 0 Å². The highest BCUT2D eigenvalue weighted by atomic mass is 14.9. The van der Waals surface area contributed by atoms with Crippen molar-refractivity contribution >= 4 is 10.8 Å². The van der Waals surface area contributed by atoms with Crippen molar-refractivity contribution < 1.29 is 0 Å². The van der Waals surface area contributed by atoms with Crippen LogP contribution in [-0.4, -0.2) is 19.9 Å². The van der Waals surface area contributed by atoms with Gasteiger partial charge in [0.15, 0.2) is 11.6 Å². The third-order valence-corrected chi connectivity index (χ3v) is 13.0. The van der Waals surface area contributed by atoms with Crippen LogP contribution >= 0.6 is 0 Å². The molecule has 0 saturated heterocycles. The molecule has 0 unspecified atom stereocenters. The van der Waals surface area contributed by atoms with E-state index in [-0.39, 0.29) is 0 Å². The topological polar surface area (TPSA) is 51.6 Å². The van der Waals surface area contributed by atoms with Gasteiger partial charge in [-0.3, -0.25) is 0 Å². The van der Waals surface area contributed by atoms with Crippen molar-refractivity contribution in [3.63, 3.8) is 0 Å². The smallest absolute Gasteiger partial charge is 0.160 e. The molecule has 0 atom stereocenters. The second-order valence-electron chi connectivity index (χ2n) is 17.3. The number of fused-ring (bicyclic) bond motifs is 1. The number of nitrogens with zero attached hydrogens (tertiary/aromatic N) is 4. The molecule has 10 aromatic carbocycles. The van der Waals surface area contributed by atoms with Crippen LogP contribution in [0.3, 0.4) is 0 Å². The summed E-state index contributed by atoms with van der Waals surface area (Å²) in [5.74, 6) is 1.34. The second kappa shape index (κ2) is 18.7. The van der Waals surface area contributed by atoms with Crippen LogP contribution in [-0.2, 0) is 0 Å². The third kappa shape index (κ3) is 8.25. The van der Waals surface area contributed by atoms with Crippen LogP contribution in [0.4, 0.5) is 0 Å². The van der Waals surface area contributed by atoms with E-state index < -0.39 is 0 Å². The molecule has 4 nitrogen and oxygen atoms in total. The average molecular weight is 893 g/mol. The van der Waals surface area contributed by atoms with Gasteiger partial charge in [-0.2, -0.15) is 0 Å². The summed E-state index contributed by atoms with van der Waals surface area (Å²) in [6.07, 6.45) is 0. The molecule has 2 aromatic heterocycles. The van der Waals surface area contributed by atoms with E-state index in [0.717, 1.165) is 100 Å². The predicted octanol–water partition coefficient (Wildman–Crippen LogP) is 17.1. The molecule has 2 heterocycles. The van der Waals surface area contributed by atoms with Gasteiger partial charge in [0.25, 0.3) is 0 Å². The fourth-order valence-corrected chi connectivity index (χ4v) is 9.60. The van der Waals surface area contributed by atoms with Gasteiger partial charge in [-0.1, -0.05) is 249 Å². The van der Waals surface area contributed by atoms with Gasteiger partial charge in [0.05, 0.1) is 22.8 Å². The Morgan fingerprint density at radius 1 is 0.186 bits per heavy atom. The molecule has 328 valence electrons. The first-order valence-electron chi connectivity index (χ1n) is 23.6. The van der Waals surface area contributed by atoms with Gasteiger partial charge in [0.1, 0.15) is 0 Å². The Hall–Kier alpha value is -9.38. The summed E-state index contributed by atoms with van der Waals surface area (Å²) < 4.78 is 0. The predicted molar refractivity (Wildman–Crippen MR) is 289 cm³/mol. The second-order valence-corrected chi connectivity index (χ2v) is 17.3. The molecule has 0 N–H and O–H groups in total. The summed E-state index contributed by atoms with van der Waals surface area (Å²) >= 11 is 0. The van der Waals surface area contributed by atoms with Crippen molar-refractivity contribution in [2.45, 2.75) is 0 Å². The molecule has 70 heavy (non-hydrogen) atoms. The minimum absolute atomic E-state index is 0.660. The normalized spacial score (nSPS) is 11.1. The maximum absolute atomic E-state index is 5.39. The van der Waals surface area contributed by atoms with Crippen molar-refractivity contribution in [1.82, 2.24) is 19.9 Å². The monoisotopic (exact) mass is 892 g/mol.